The minimum Gasteiger partial charge on any atom is -0.354 e. The largest absolute Gasteiger partial charge is 0.354 e. The third-order valence-corrected chi connectivity index (χ3v) is 7.09. The molecule has 0 amide bonds. The highest BCUT2D eigenvalue weighted by molar-refractivity contribution is 6.14. The molecule has 2 heterocycles. The van der Waals surface area contributed by atoms with Crippen LogP contribution in [-0.4, -0.2) is 9.55 Å². The topological polar surface area (TPSA) is 20.7 Å². The lowest BCUT2D eigenvalue weighted by Gasteiger charge is -2.21. The van der Waals surface area contributed by atoms with Crippen LogP contribution in [0.1, 0.15) is 25.0 Å². The van der Waals surface area contributed by atoms with E-state index in [4.69, 9.17) is 0 Å². The first-order chi connectivity index (χ1) is 15.1. The molecule has 2 heteroatoms. The number of rotatable bonds is 1. The molecule has 1 aliphatic rings. The van der Waals surface area contributed by atoms with Crippen LogP contribution in [0, 0.1) is 0 Å². The minimum atomic E-state index is -0.0516. The number of fused-ring (bicyclic) bond motifs is 8. The normalized spacial score (nSPS) is 14.4. The van der Waals surface area contributed by atoms with Gasteiger partial charge in [-0.25, -0.2) is 0 Å². The highest BCUT2D eigenvalue weighted by Crippen LogP contribution is 2.54. The maximum Gasteiger partial charge on any atom is 0.0585 e. The van der Waals surface area contributed by atoms with E-state index in [2.05, 4.69) is 114 Å². The molecule has 7 rings (SSSR count). The van der Waals surface area contributed by atoms with Gasteiger partial charge in [0.1, 0.15) is 0 Å². The van der Waals surface area contributed by atoms with E-state index in [9.17, 15) is 0 Å². The van der Waals surface area contributed by atoms with Crippen LogP contribution in [0.15, 0.2) is 91.0 Å². The van der Waals surface area contributed by atoms with Gasteiger partial charge >= 0.3 is 0 Å². The second kappa shape index (κ2) is 5.67. The summed E-state index contributed by atoms with van der Waals surface area (Å²) in [5, 5.41) is 3.93. The Morgan fingerprint density at radius 2 is 1.42 bits per heavy atom. The Morgan fingerprint density at radius 1 is 0.677 bits per heavy atom. The highest BCUT2D eigenvalue weighted by atomic mass is 15.0. The molecule has 148 valence electrons. The zero-order valence-corrected chi connectivity index (χ0v) is 17.6. The maximum absolute atomic E-state index is 3.64. The summed E-state index contributed by atoms with van der Waals surface area (Å²) >= 11 is 0. The van der Waals surface area contributed by atoms with Gasteiger partial charge in [-0.05, 0) is 41.5 Å². The molecule has 2 aromatic heterocycles. The number of H-pyrrole nitrogens is 1. The van der Waals surface area contributed by atoms with E-state index in [1.165, 1.54) is 60.8 Å². The van der Waals surface area contributed by atoms with Gasteiger partial charge in [0.05, 0.1) is 11.2 Å². The van der Waals surface area contributed by atoms with Crippen molar-refractivity contribution in [1.82, 2.24) is 9.55 Å². The van der Waals surface area contributed by atoms with Crippen molar-refractivity contribution < 1.29 is 0 Å². The molecule has 1 aliphatic carbocycles. The minimum absolute atomic E-state index is 0.0516. The van der Waals surface area contributed by atoms with Crippen LogP contribution in [0.5, 0.6) is 0 Å². The molecule has 0 atom stereocenters. The lowest BCUT2D eigenvalue weighted by atomic mass is 9.81. The molecule has 1 N–H and O–H groups in total. The Bertz CT molecular complexity index is 1650. The van der Waals surface area contributed by atoms with E-state index in [0.29, 0.717) is 0 Å². The predicted octanol–water partition coefficient (Wildman–Crippen LogP) is 7.57. The molecular formula is C29H22N2. The van der Waals surface area contributed by atoms with E-state index in [-0.39, 0.29) is 5.41 Å². The summed E-state index contributed by atoms with van der Waals surface area (Å²) in [5.41, 5.74) is 10.3. The van der Waals surface area contributed by atoms with Gasteiger partial charge in [0.2, 0.25) is 0 Å². The van der Waals surface area contributed by atoms with Crippen molar-refractivity contribution in [2.24, 2.45) is 0 Å². The molecule has 2 nitrogen and oxygen atoms in total. The van der Waals surface area contributed by atoms with Crippen LogP contribution in [-0.2, 0) is 5.41 Å². The number of aromatic nitrogens is 2. The van der Waals surface area contributed by atoms with Gasteiger partial charge in [0.25, 0.3) is 0 Å². The lowest BCUT2D eigenvalue weighted by Crippen LogP contribution is -2.14. The fraction of sp³-hybridized carbons (Fsp3) is 0.103. The molecule has 0 saturated heterocycles. The Hall–Kier alpha value is -3.78. The molecule has 0 fully saturated rings. The second-order valence-corrected chi connectivity index (χ2v) is 9.15. The molecular weight excluding hydrogens is 376 g/mol. The number of para-hydroxylation sites is 2. The first kappa shape index (κ1) is 17.0. The summed E-state index contributed by atoms with van der Waals surface area (Å²) in [5.74, 6) is 0. The van der Waals surface area contributed by atoms with Crippen LogP contribution in [0.2, 0.25) is 0 Å². The quantitative estimate of drug-likeness (QED) is 0.295. The van der Waals surface area contributed by atoms with Crippen molar-refractivity contribution in [2.75, 3.05) is 0 Å². The number of aromatic amines is 1. The van der Waals surface area contributed by atoms with E-state index >= 15 is 0 Å². The van der Waals surface area contributed by atoms with Crippen molar-refractivity contribution >= 4 is 32.7 Å². The molecule has 0 unspecified atom stereocenters. The standard InChI is InChI=1S/C29H22N2/c1-29(2)23-14-8-6-13-20(23)28-27(29)22-16-21-19-12-7-9-15-24(19)30-25(21)17-26(22)31(28)18-10-4-3-5-11-18/h3-17,30H,1-2H3. The maximum atomic E-state index is 3.64. The lowest BCUT2D eigenvalue weighted by molar-refractivity contribution is 0.666. The average Bonchev–Trinajstić information content (AvgIpc) is 3.40. The first-order valence-electron chi connectivity index (χ1n) is 10.9. The number of nitrogens with zero attached hydrogens (tertiary/aromatic N) is 1. The Morgan fingerprint density at radius 3 is 2.29 bits per heavy atom. The van der Waals surface area contributed by atoms with Crippen molar-refractivity contribution in [3.8, 4) is 16.9 Å². The van der Waals surface area contributed by atoms with E-state index < -0.39 is 0 Å². The number of hydrogen-bond acceptors (Lipinski definition) is 0. The number of benzene rings is 4. The van der Waals surface area contributed by atoms with Crippen LogP contribution in [0.25, 0.3) is 49.7 Å². The Kier molecular flexibility index (Phi) is 3.10. The van der Waals surface area contributed by atoms with Gasteiger partial charge in [-0.15, -0.1) is 0 Å². The van der Waals surface area contributed by atoms with Crippen LogP contribution in [0.4, 0.5) is 0 Å². The Labute approximate surface area is 180 Å². The van der Waals surface area contributed by atoms with Crippen molar-refractivity contribution in [2.45, 2.75) is 19.3 Å². The van der Waals surface area contributed by atoms with E-state index in [0.717, 1.165) is 0 Å². The zero-order chi connectivity index (χ0) is 20.7. The van der Waals surface area contributed by atoms with E-state index in [1.54, 1.807) is 0 Å². The summed E-state index contributed by atoms with van der Waals surface area (Å²) < 4.78 is 2.46. The van der Waals surface area contributed by atoms with Gasteiger partial charge in [0.15, 0.2) is 0 Å². The first-order valence-corrected chi connectivity index (χ1v) is 10.9. The van der Waals surface area contributed by atoms with Gasteiger partial charge in [-0.3, -0.25) is 0 Å². The summed E-state index contributed by atoms with van der Waals surface area (Å²) in [6.07, 6.45) is 0. The van der Waals surface area contributed by atoms with Gasteiger partial charge in [-0.2, -0.15) is 0 Å². The summed E-state index contributed by atoms with van der Waals surface area (Å²) in [4.78, 5) is 3.64. The molecule has 6 aromatic rings. The smallest absolute Gasteiger partial charge is 0.0585 e. The molecule has 4 aromatic carbocycles. The zero-order valence-electron chi connectivity index (χ0n) is 17.6. The molecule has 0 aliphatic heterocycles. The second-order valence-electron chi connectivity index (χ2n) is 9.15. The third kappa shape index (κ3) is 2.07. The van der Waals surface area contributed by atoms with Crippen LogP contribution < -0.4 is 0 Å². The van der Waals surface area contributed by atoms with Crippen molar-refractivity contribution in [1.29, 1.82) is 0 Å². The summed E-state index contributed by atoms with van der Waals surface area (Å²) in [6, 6.07) is 33.0. The fourth-order valence-electron chi connectivity index (χ4n) is 5.73. The SMILES string of the molecule is CC1(C)c2ccccc2-c2c1c1cc3c(cc1n2-c1ccccc1)[nH]c1ccccc13. The van der Waals surface area contributed by atoms with Gasteiger partial charge in [-0.1, -0.05) is 74.5 Å². The number of hydrogen-bond donors (Lipinski definition) is 1. The van der Waals surface area contributed by atoms with Gasteiger partial charge in [0, 0.05) is 43.9 Å². The molecule has 0 bridgehead atoms. The third-order valence-electron chi connectivity index (χ3n) is 7.09. The molecule has 0 saturated carbocycles. The number of nitrogens with one attached hydrogen (secondary N) is 1. The molecule has 0 radical (unpaired) electrons. The monoisotopic (exact) mass is 398 g/mol. The highest BCUT2D eigenvalue weighted by Gasteiger charge is 2.40. The van der Waals surface area contributed by atoms with Crippen molar-refractivity contribution in [3.05, 3.63) is 102 Å². The fourth-order valence-corrected chi connectivity index (χ4v) is 5.73. The van der Waals surface area contributed by atoms with Crippen LogP contribution >= 0.6 is 0 Å². The Balaban J connectivity index is 1.72. The molecule has 0 spiro atoms. The average molecular weight is 399 g/mol. The van der Waals surface area contributed by atoms with E-state index in [1.807, 2.05) is 0 Å². The van der Waals surface area contributed by atoms with Crippen molar-refractivity contribution in [3.63, 3.8) is 0 Å². The van der Waals surface area contributed by atoms with Crippen LogP contribution in [0.3, 0.4) is 0 Å². The molecule has 31 heavy (non-hydrogen) atoms. The summed E-state index contributed by atoms with van der Waals surface area (Å²) in [6.45, 7) is 4.73. The summed E-state index contributed by atoms with van der Waals surface area (Å²) in [7, 11) is 0. The van der Waals surface area contributed by atoms with Gasteiger partial charge < -0.3 is 9.55 Å². The predicted molar refractivity (Wildman–Crippen MR) is 130 cm³/mol.